The maximum atomic E-state index is 11.7. The van der Waals surface area contributed by atoms with Crippen molar-refractivity contribution in [3.63, 3.8) is 0 Å². The summed E-state index contributed by atoms with van der Waals surface area (Å²) in [5.74, 6) is -0.466. The van der Waals surface area contributed by atoms with Crippen LogP contribution in [0.3, 0.4) is 0 Å². The second kappa shape index (κ2) is 8.24. The highest BCUT2D eigenvalue weighted by Crippen LogP contribution is 2.10. The van der Waals surface area contributed by atoms with Crippen LogP contribution in [0.4, 0.5) is 0 Å². The molecule has 0 N–H and O–H groups in total. The van der Waals surface area contributed by atoms with Gasteiger partial charge in [-0.05, 0) is 26.0 Å². The molecule has 0 unspecified atom stereocenters. The highest BCUT2D eigenvalue weighted by molar-refractivity contribution is 6.76. The second-order valence-corrected chi connectivity index (χ2v) is 12.1. The lowest BCUT2D eigenvalue weighted by atomic mass is 10.2. The van der Waals surface area contributed by atoms with Crippen LogP contribution in [0.1, 0.15) is 30.0 Å². The summed E-state index contributed by atoms with van der Waals surface area (Å²) in [6.45, 7) is 11.3. The molecule has 22 heavy (non-hydrogen) atoms. The van der Waals surface area contributed by atoms with E-state index in [-0.39, 0.29) is 24.6 Å². The van der Waals surface area contributed by atoms with Crippen LogP contribution in [0, 0.1) is 0 Å². The molecule has 0 spiro atoms. The van der Waals surface area contributed by atoms with Crippen LogP contribution in [-0.4, -0.2) is 42.8 Å². The Bertz CT molecular complexity index is 520. The Hall–Kier alpha value is -1.47. The minimum absolute atomic E-state index is 0.0126. The van der Waals surface area contributed by atoms with Crippen LogP contribution in [-0.2, 0) is 27.4 Å². The van der Waals surface area contributed by atoms with Gasteiger partial charge in [-0.2, -0.15) is 5.10 Å². The number of carbonyl (C=O) groups is 2. The minimum atomic E-state index is -1.14. The van der Waals surface area contributed by atoms with E-state index in [9.17, 15) is 9.59 Å². The maximum Gasteiger partial charge on any atom is 0.358 e. The van der Waals surface area contributed by atoms with Gasteiger partial charge in [0.25, 0.3) is 0 Å². The summed E-state index contributed by atoms with van der Waals surface area (Å²) in [7, 11) is -1.14. The van der Waals surface area contributed by atoms with Gasteiger partial charge in [-0.15, -0.1) is 0 Å². The normalized spacial score (nSPS) is 11.5. The molecule has 0 saturated carbocycles. The van der Waals surface area contributed by atoms with Crippen LogP contribution in [0.15, 0.2) is 6.07 Å². The monoisotopic (exact) mass is 326 g/mol. The summed E-state index contributed by atoms with van der Waals surface area (Å²) in [5, 5.41) is 4.19. The lowest BCUT2D eigenvalue weighted by molar-refractivity contribution is -0.116. The van der Waals surface area contributed by atoms with Crippen molar-refractivity contribution in [2.45, 2.75) is 52.7 Å². The number of rotatable bonds is 9. The first kappa shape index (κ1) is 18.6. The molecule has 6 nitrogen and oxygen atoms in total. The topological polar surface area (TPSA) is 70.4 Å². The molecule has 1 aromatic heterocycles. The van der Waals surface area contributed by atoms with E-state index >= 15 is 0 Å². The van der Waals surface area contributed by atoms with E-state index in [0.717, 1.165) is 6.04 Å². The number of carbonyl (C=O) groups excluding carboxylic acids is 2. The van der Waals surface area contributed by atoms with Crippen molar-refractivity contribution in [2.24, 2.45) is 0 Å². The molecule has 0 amide bonds. The Morgan fingerprint density at radius 2 is 2.00 bits per heavy atom. The number of hydrogen-bond donors (Lipinski definition) is 0. The zero-order valence-electron chi connectivity index (χ0n) is 14.1. The third-order valence-electron chi connectivity index (χ3n) is 2.99. The molecule has 0 aliphatic rings. The van der Waals surface area contributed by atoms with Gasteiger partial charge in [-0.3, -0.25) is 4.79 Å². The molecular formula is C15H26N2O4Si. The summed E-state index contributed by atoms with van der Waals surface area (Å²) in [5.41, 5.74) is 0.885. The molecule has 0 aromatic carbocycles. The van der Waals surface area contributed by atoms with Crippen molar-refractivity contribution >= 4 is 19.8 Å². The van der Waals surface area contributed by atoms with Crippen molar-refractivity contribution < 1.29 is 19.1 Å². The number of ketones is 1. The van der Waals surface area contributed by atoms with E-state index < -0.39 is 14.0 Å². The van der Waals surface area contributed by atoms with E-state index in [2.05, 4.69) is 24.7 Å². The Kier molecular flexibility index (Phi) is 6.95. The van der Waals surface area contributed by atoms with Crippen molar-refractivity contribution in [1.82, 2.24) is 9.78 Å². The van der Waals surface area contributed by atoms with Crippen LogP contribution >= 0.6 is 0 Å². The molecule has 1 aromatic rings. The van der Waals surface area contributed by atoms with Gasteiger partial charge in [0.1, 0.15) is 12.5 Å². The predicted molar refractivity (Wildman–Crippen MR) is 86.7 cm³/mol. The molecule has 7 heteroatoms. The van der Waals surface area contributed by atoms with Crippen molar-refractivity contribution in [2.75, 3.05) is 13.2 Å². The first-order valence-corrected chi connectivity index (χ1v) is 11.2. The Labute approximate surface area is 132 Å². The molecule has 0 radical (unpaired) electrons. The van der Waals surface area contributed by atoms with Crippen LogP contribution in [0.2, 0.25) is 25.7 Å². The average molecular weight is 326 g/mol. The van der Waals surface area contributed by atoms with Gasteiger partial charge in [0.15, 0.2) is 5.69 Å². The average Bonchev–Trinajstić information content (AvgIpc) is 2.76. The number of hydrogen-bond acceptors (Lipinski definition) is 5. The highest BCUT2D eigenvalue weighted by Gasteiger charge is 2.17. The fourth-order valence-electron chi connectivity index (χ4n) is 1.80. The van der Waals surface area contributed by atoms with Gasteiger partial charge in [0.05, 0.1) is 6.61 Å². The predicted octanol–water partition coefficient (Wildman–Crippen LogP) is 2.50. The van der Waals surface area contributed by atoms with Gasteiger partial charge >= 0.3 is 5.97 Å². The van der Waals surface area contributed by atoms with Gasteiger partial charge in [-0.1, -0.05) is 19.6 Å². The fraction of sp³-hybridized carbons (Fsp3) is 0.667. The Morgan fingerprint density at radius 3 is 2.55 bits per heavy atom. The Morgan fingerprint density at radius 1 is 1.32 bits per heavy atom. The van der Waals surface area contributed by atoms with Crippen molar-refractivity contribution in [1.29, 1.82) is 0 Å². The third-order valence-corrected chi connectivity index (χ3v) is 4.69. The first-order chi connectivity index (χ1) is 10.2. The number of aromatic nitrogens is 2. The van der Waals surface area contributed by atoms with Crippen molar-refractivity contribution in [3.05, 3.63) is 17.5 Å². The standard InChI is InChI=1S/C15H26N2O4Si/c1-6-21-15(19)14-10-13(9-12(2)18)17(16-14)11-20-7-8-22(3,4)5/h10H,6-9,11H2,1-5H3. The van der Waals surface area contributed by atoms with Gasteiger partial charge in [-0.25, -0.2) is 9.48 Å². The van der Waals surface area contributed by atoms with E-state index in [1.807, 2.05) is 0 Å². The minimum Gasteiger partial charge on any atom is -0.461 e. The van der Waals surface area contributed by atoms with Crippen LogP contribution in [0.5, 0.6) is 0 Å². The summed E-state index contributed by atoms with van der Waals surface area (Å²) >= 11 is 0. The van der Waals surface area contributed by atoms with Crippen LogP contribution in [0.25, 0.3) is 0 Å². The summed E-state index contributed by atoms with van der Waals surface area (Å²) in [6, 6.07) is 2.66. The number of esters is 1. The van der Waals surface area contributed by atoms with E-state index in [0.29, 0.717) is 18.9 Å². The maximum absolute atomic E-state index is 11.7. The molecule has 1 rings (SSSR count). The molecule has 0 bridgehead atoms. The lowest BCUT2D eigenvalue weighted by Gasteiger charge is -2.15. The summed E-state index contributed by atoms with van der Waals surface area (Å²) in [4.78, 5) is 23.1. The molecule has 0 aliphatic heterocycles. The Balaban J connectivity index is 2.73. The van der Waals surface area contributed by atoms with E-state index in [1.54, 1.807) is 17.7 Å². The SMILES string of the molecule is CCOC(=O)c1cc(CC(C)=O)n(COCC[Si](C)(C)C)n1. The lowest BCUT2D eigenvalue weighted by Crippen LogP contribution is -2.22. The molecule has 0 atom stereocenters. The molecular weight excluding hydrogens is 300 g/mol. The fourth-order valence-corrected chi connectivity index (χ4v) is 2.56. The zero-order valence-corrected chi connectivity index (χ0v) is 15.1. The molecule has 0 aliphatic carbocycles. The number of Topliss-reactive ketones (excluding diaryl/α,β-unsaturated/α-hetero) is 1. The smallest absolute Gasteiger partial charge is 0.358 e. The largest absolute Gasteiger partial charge is 0.461 e. The van der Waals surface area contributed by atoms with E-state index in [4.69, 9.17) is 9.47 Å². The first-order valence-electron chi connectivity index (χ1n) is 7.54. The number of ether oxygens (including phenoxy) is 2. The van der Waals surface area contributed by atoms with Crippen LogP contribution < -0.4 is 0 Å². The summed E-state index contributed by atoms with van der Waals surface area (Å²) in [6.07, 6.45) is 0.226. The molecule has 0 fully saturated rings. The number of nitrogens with zero attached hydrogens (tertiary/aromatic N) is 2. The van der Waals surface area contributed by atoms with E-state index in [1.165, 1.54) is 6.92 Å². The van der Waals surface area contributed by atoms with Crippen molar-refractivity contribution in [3.8, 4) is 0 Å². The van der Waals surface area contributed by atoms with Gasteiger partial charge in [0, 0.05) is 26.8 Å². The zero-order chi connectivity index (χ0) is 16.8. The highest BCUT2D eigenvalue weighted by atomic mass is 28.3. The third kappa shape index (κ3) is 6.53. The van der Waals surface area contributed by atoms with Gasteiger partial charge in [0.2, 0.25) is 0 Å². The molecule has 124 valence electrons. The second-order valence-electron chi connectivity index (χ2n) is 6.47. The molecule has 0 saturated heterocycles. The molecule has 1 heterocycles. The summed E-state index contributed by atoms with van der Waals surface area (Å²) < 4.78 is 12.1. The quantitative estimate of drug-likeness (QED) is 0.396. The van der Waals surface area contributed by atoms with Gasteiger partial charge < -0.3 is 9.47 Å².